The number of ether oxygens (including phenoxy) is 1. The molecule has 1 fully saturated rings. The Morgan fingerprint density at radius 3 is 2.46 bits per heavy atom. The molecule has 26 heavy (non-hydrogen) atoms. The zero-order valence-corrected chi connectivity index (χ0v) is 14.7. The molecule has 2 atom stereocenters. The number of hydrogen-bond donors (Lipinski definition) is 0. The van der Waals surface area contributed by atoms with Gasteiger partial charge in [0.2, 0.25) is 0 Å². The number of alkyl halides is 3. The summed E-state index contributed by atoms with van der Waals surface area (Å²) in [6.07, 6.45) is -1.35. The normalized spacial score (nSPS) is 21.1. The summed E-state index contributed by atoms with van der Waals surface area (Å²) in [5.74, 6) is 0. The van der Waals surface area contributed by atoms with Gasteiger partial charge in [0, 0.05) is 12.7 Å². The maximum Gasteiger partial charge on any atom is 0.417 e. The number of hydrogen-bond acceptors (Lipinski definition) is 5. The summed E-state index contributed by atoms with van der Waals surface area (Å²) in [6, 6.07) is 4.76. The van der Waals surface area contributed by atoms with E-state index in [2.05, 4.69) is 10.2 Å². The van der Waals surface area contributed by atoms with Gasteiger partial charge in [0.25, 0.3) is 0 Å². The molecule has 140 valence electrons. The van der Waals surface area contributed by atoms with Crippen LogP contribution in [0.3, 0.4) is 0 Å². The SMILES string of the molecule is CO[C@@H]1CC[C@@H](S(=O)(=O)c2ccc(-c3ccnnc3)cc2C(F)(F)F)C1. The Morgan fingerprint density at radius 2 is 1.88 bits per heavy atom. The van der Waals surface area contributed by atoms with Crippen molar-refractivity contribution in [3.8, 4) is 11.1 Å². The van der Waals surface area contributed by atoms with Gasteiger partial charge in [-0.1, -0.05) is 6.07 Å². The Labute approximate surface area is 149 Å². The molecule has 0 spiro atoms. The number of benzene rings is 1. The van der Waals surface area contributed by atoms with Gasteiger partial charge in [-0.3, -0.25) is 0 Å². The fourth-order valence-electron chi connectivity index (χ4n) is 3.22. The smallest absolute Gasteiger partial charge is 0.381 e. The first-order valence-electron chi connectivity index (χ1n) is 7.98. The van der Waals surface area contributed by atoms with Crippen molar-refractivity contribution in [1.82, 2.24) is 10.2 Å². The van der Waals surface area contributed by atoms with Crippen LogP contribution >= 0.6 is 0 Å². The number of halogens is 3. The zero-order chi connectivity index (χ0) is 18.9. The minimum atomic E-state index is -4.79. The summed E-state index contributed by atoms with van der Waals surface area (Å²) in [4.78, 5) is -0.683. The van der Waals surface area contributed by atoms with E-state index in [9.17, 15) is 21.6 Å². The van der Waals surface area contributed by atoms with Crippen molar-refractivity contribution in [2.24, 2.45) is 0 Å². The minimum absolute atomic E-state index is 0.201. The van der Waals surface area contributed by atoms with Crippen LogP contribution in [0.5, 0.6) is 0 Å². The van der Waals surface area contributed by atoms with Crippen LogP contribution in [0.15, 0.2) is 41.6 Å². The summed E-state index contributed by atoms with van der Waals surface area (Å²) in [5, 5.41) is 6.35. The molecule has 0 amide bonds. The highest BCUT2D eigenvalue weighted by Gasteiger charge is 2.42. The fourth-order valence-corrected chi connectivity index (χ4v) is 5.23. The predicted molar refractivity (Wildman–Crippen MR) is 88.1 cm³/mol. The quantitative estimate of drug-likeness (QED) is 0.804. The lowest BCUT2D eigenvalue weighted by Crippen LogP contribution is -2.23. The van der Waals surface area contributed by atoms with Crippen LogP contribution in [0.25, 0.3) is 11.1 Å². The molecule has 2 aromatic rings. The van der Waals surface area contributed by atoms with Crippen molar-refractivity contribution in [2.45, 2.75) is 41.7 Å². The van der Waals surface area contributed by atoms with Crippen molar-refractivity contribution in [3.63, 3.8) is 0 Å². The molecule has 1 aliphatic rings. The van der Waals surface area contributed by atoms with E-state index in [1.165, 1.54) is 31.6 Å². The molecule has 0 bridgehead atoms. The second kappa shape index (κ2) is 6.96. The Hall–Kier alpha value is -2.00. The van der Waals surface area contributed by atoms with E-state index >= 15 is 0 Å². The van der Waals surface area contributed by atoms with E-state index in [1.807, 2.05) is 0 Å². The molecular weight excluding hydrogens is 369 g/mol. The van der Waals surface area contributed by atoms with Crippen LogP contribution in [-0.4, -0.2) is 37.1 Å². The van der Waals surface area contributed by atoms with Crippen molar-refractivity contribution < 1.29 is 26.3 Å². The first-order valence-corrected chi connectivity index (χ1v) is 9.53. The van der Waals surface area contributed by atoms with Crippen LogP contribution in [0, 0.1) is 0 Å². The molecule has 5 nitrogen and oxygen atoms in total. The van der Waals surface area contributed by atoms with Gasteiger partial charge >= 0.3 is 6.18 Å². The van der Waals surface area contributed by atoms with Gasteiger partial charge in [-0.25, -0.2) is 8.42 Å². The highest BCUT2D eigenvalue weighted by molar-refractivity contribution is 7.92. The lowest BCUT2D eigenvalue weighted by atomic mass is 10.0. The van der Waals surface area contributed by atoms with E-state index in [4.69, 9.17) is 4.74 Å². The van der Waals surface area contributed by atoms with Crippen molar-refractivity contribution in [3.05, 3.63) is 42.2 Å². The van der Waals surface area contributed by atoms with Crippen LogP contribution in [0.1, 0.15) is 24.8 Å². The number of aromatic nitrogens is 2. The molecule has 1 saturated carbocycles. The summed E-state index contributed by atoms with van der Waals surface area (Å²) in [5.41, 5.74) is -0.505. The molecule has 3 rings (SSSR count). The minimum Gasteiger partial charge on any atom is -0.381 e. The lowest BCUT2D eigenvalue weighted by Gasteiger charge is -2.18. The lowest BCUT2D eigenvalue weighted by molar-refractivity contribution is -0.139. The van der Waals surface area contributed by atoms with Crippen LogP contribution < -0.4 is 0 Å². The molecule has 9 heteroatoms. The fraction of sp³-hybridized carbons (Fsp3) is 0.412. The molecule has 0 unspecified atom stereocenters. The third-order valence-corrected chi connectivity index (χ3v) is 6.89. The van der Waals surface area contributed by atoms with Crippen molar-refractivity contribution in [1.29, 1.82) is 0 Å². The summed E-state index contributed by atoms with van der Waals surface area (Å²) >= 11 is 0. The average Bonchev–Trinajstić information content (AvgIpc) is 3.11. The van der Waals surface area contributed by atoms with Gasteiger partial charge in [0.05, 0.1) is 34.2 Å². The number of rotatable bonds is 4. The van der Waals surface area contributed by atoms with Gasteiger partial charge < -0.3 is 4.74 Å². The Morgan fingerprint density at radius 1 is 1.12 bits per heavy atom. The molecule has 0 N–H and O–H groups in total. The summed E-state index contributed by atoms with van der Waals surface area (Å²) in [6.45, 7) is 0. The van der Waals surface area contributed by atoms with Crippen molar-refractivity contribution in [2.75, 3.05) is 7.11 Å². The predicted octanol–water partition coefficient (Wildman–Crippen LogP) is 3.50. The Bertz CT molecular complexity index is 886. The average molecular weight is 386 g/mol. The molecule has 0 saturated heterocycles. The molecule has 0 radical (unpaired) electrons. The highest BCUT2D eigenvalue weighted by Crippen LogP contribution is 2.40. The summed E-state index contributed by atoms with van der Waals surface area (Å²) < 4.78 is 71.6. The van der Waals surface area contributed by atoms with Crippen LogP contribution in [0.2, 0.25) is 0 Å². The molecular formula is C17H17F3N2O3S. The van der Waals surface area contributed by atoms with E-state index in [1.54, 1.807) is 0 Å². The highest BCUT2D eigenvalue weighted by atomic mass is 32.2. The van der Waals surface area contributed by atoms with E-state index in [0.717, 1.165) is 12.1 Å². The third-order valence-electron chi connectivity index (χ3n) is 4.62. The van der Waals surface area contributed by atoms with E-state index < -0.39 is 31.7 Å². The standard InChI is InChI=1S/C17H17F3N2O3S/c1-25-13-3-4-14(9-13)26(23,24)16-5-2-11(8-15(16)17(18,19)20)12-6-7-21-22-10-12/h2,5-8,10,13-14H,3-4,9H2,1H3/t13-,14-/m1/s1. The molecule has 1 heterocycles. The maximum atomic E-state index is 13.6. The number of methoxy groups -OCH3 is 1. The first kappa shape index (κ1) is 18.8. The van der Waals surface area contributed by atoms with Gasteiger partial charge in [0.15, 0.2) is 9.84 Å². The molecule has 1 aromatic carbocycles. The topological polar surface area (TPSA) is 69.2 Å². The number of sulfone groups is 1. The van der Waals surface area contributed by atoms with Gasteiger partial charge in [-0.2, -0.15) is 23.4 Å². The monoisotopic (exact) mass is 386 g/mol. The van der Waals surface area contributed by atoms with Gasteiger partial charge in [-0.05, 0) is 43.0 Å². The first-order chi connectivity index (χ1) is 12.2. The Balaban J connectivity index is 2.07. The van der Waals surface area contributed by atoms with Crippen LogP contribution in [0.4, 0.5) is 13.2 Å². The van der Waals surface area contributed by atoms with Gasteiger partial charge in [-0.15, -0.1) is 0 Å². The molecule has 1 aliphatic carbocycles. The second-order valence-electron chi connectivity index (χ2n) is 6.18. The largest absolute Gasteiger partial charge is 0.417 e. The van der Waals surface area contributed by atoms with E-state index in [-0.39, 0.29) is 24.5 Å². The summed E-state index contributed by atoms with van der Waals surface area (Å²) in [7, 11) is -2.65. The van der Waals surface area contributed by atoms with Crippen molar-refractivity contribution >= 4 is 9.84 Å². The van der Waals surface area contributed by atoms with E-state index in [0.29, 0.717) is 12.0 Å². The molecule has 1 aromatic heterocycles. The van der Waals surface area contributed by atoms with Crippen LogP contribution in [-0.2, 0) is 20.8 Å². The molecule has 0 aliphatic heterocycles. The second-order valence-corrected chi connectivity index (χ2v) is 8.37. The Kier molecular flexibility index (Phi) is 5.03. The maximum absolute atomic E-state index is 13.6. The van der Waals surface area contributed by atoms with Gasteiger partial charge in [0.1, 0.15) is 0 Å². The third kappa shape index (κ3) is 3.59. The zero-order valence-electron chi connectivity index (χ0n) is 13.9. The number of nitrogens with zero attached hydrogens (tertiary/aromatic N) is 2.